The zero-order chi connectivity index (χ0) is 14.8. The highest BCUT2D eigenvalue weighted by Gasteiger charge is 2.05. The summed E-state index contributed by atoms with van der Waals surface area (Å²) in [4.78, 5) is 23.0. The second-order valence-corrected chi connectivity index (χ2v) is 4.48. The second-order valence-electron chi connectivity index (χ2n) is 4.48. The lowest BCUT2D eigenvalue weighted by Gasteiger charge is -2.08. The van der Waals surface area contributed by atoms with Gasteiger partial charge in [0.25, 0.3) is 0 Å². The molecular formula is C14H22N4O2. The Balaban J connectivity index is 2.21. The molecule has 6 heteroatoms. The summed E-state index contributed by atoms with van der Waals surface area (Å²) < 4.78 is 0. The van der Waals surface area contributed by atoms with E-state index >= 15 is 0 Å². The molecule has 1 aromatic carbocycles. The molecule has 0 radical (unpaired) electrons. The van der Waals surface area contributed by atoms with E-state index in [1.165, 1.54) is 0 Å². The van der Waals surface area contributed by atoms with E-state index < -0.39 is 0 Å². The molecule has 0 saturated heterocycles. The maximum Gasteiger partial charge on any atom is 0.319 e. The monoisotopic (exact) mass is 278 g/mol. The molecule has 20 heavy (non-hydrogen) atoms. The number of rotatable bonds is 7. The lowest BCUT2D eigenvalue weighted by atomic mass is 10.2. The average Bonchev–Trinajstić information content (AvgIpc) is 2.41. The van der Waals surface area contributed by atoms with Gasteiger partial charge in [-0.05, 0) is 44.6 Å². The Morgan fingerprint density at radius 3 is 2.65 bits per heavy atom. The Kier molecular flexibility index (Phi) is 7.13. The molecule has 0 fully saturated rings. The van der Waals surface area contributed by atoms with E-state index in [1.807, 2.05) is 32.2 Å². The molecule has 0 unspecified atom stereocenters. The standard InChI is InChI=1S/C14H22N4O2/c1-11-5-3-6-12(9-11)18-14(20)17-10-13(19)16-8-4-7-15-2/h3,5-6,9,15H,4,7-8,10H2,1-2H3,(H,16,19)(H2,17,18,20). The number of carbonyl (C=O) groups excluding carboxylic acids is 2. The molecule has 0 heterocycles. The summed E-state index contributed by atoms with van der Waals surface area (Å²) in [6.45, 7) is 3.36. The molecule has 1 aromatic rings. The summed E-state index contributed by atoms with van der Waals surface area (Å²) in [7, 11) is 1.86. The molecule has 0 atom stereocenters. The lowest BCUT2D eigenvalue weighted by molar-refractivity contribution is -0.120. The number of anilines is 1. The Morgan fingerprint density at radius 2 is 1.95 bits per heavy atom. The van der Waals surface area contributed by atoms with Crippen LogP contribution >= 0.6 is 0 Å². The van der Waals surface area contributed by atoms with E-state index in [2.05, 4.69) is 21.3 Å². The van der Waals surface area contributed by atoms with E-state index in [1.54, 1.807) is 6.07 Å². The largest absolute Gasteiger partial charge is 0.355 e. The predicted octanol–water partition coefficient (Wildman–Crippen LogP) is 0.842. The molecule has 3 amide bonds. The van der Waals surface area contributed by atoms with E-state index in [0.717, 1.165) is 18.5 Å². The average molecular weight is 278 g/mol. The van der Waals surface area contributed by atoms with Crippen LogP contribution in [0.2, 0.25) is 0 Å². The normalized spacial score (nSPS) is 9.90. The number of benzene rings is 1. The van der Waals surface area contributed by atoms with Gasteiger partial charge in [-0.2, -0.15) is 0 Å². The SMILES string of the molecule is CNCCCNC(=O)CNC(=O)Nc1cccc(C)c1. The molecule has 4 N–H and O–H groups in total. The summed E-state index contributed by atoms with van der Waals surface area (Å²) >= 11 is 0. The van der Waals surface area contributed by atoms with Crippen LogP contribution in [0, 0.1) is 6.92 Å². The fourth-order valence-electron chi connectivity index (χ4n) is 1.61. The number of hydrogen-bond donors (Lipinski definition) is 4. The lowest BCUT2D eigenvalue weighted by Crippen LogP contribution is -2.39. The number of aryl methyl sites for hydroxylation is 1. The first-order chi connectivity index (χ1) is 9.61. The van der Waals surface area contributed by atoms with Gasteiger partial charge in [0.1, 0.15) is 0 Å². The molecule has 0 aliphatic rings. The second kappa shape index (κ2) is 8.92. The highest BCUT2D eigenvalue weighted by Crippen LogP contribution is 2.08. The molecule has 110 valence electrons. The van der Waals surface area contributed by atoms with Gasteiger partial charge >= 0.3 is 6.03 Å². The van der Waals surface area contributed by atoms with Gasteiger partial charge in [0, 0.05) is 12.2 Å². The highest BCUT2D eigenvalue weighted by molar-refractivity contribution is 5.92. The Bertz CT molecular complexity index is 449. The summed E-state index contributed by atoms with van der Waals surface area (Å²) in [6, 6.07) is 7.07. The molecular weight excluding hydrogens is 256 g/mol. The van der Waals surface area contributed by atoms with Crippen molar-refractivity contribution < 1.29 is 9.59 Å². The number of carbonyl (C=O) groups is 2. The van der Waals surface area contributed by atoms with E-state index in [0.29, 0.717) is 12.2 Å². The molecule has 0 aliphatic carbocycles. The fraction of sp³-hybridized carbons (Fsp3) is 0.429. The van der Waals surface area contributed by atoms with Gasteiger partial charge in [0.15, 0.2) is 0 Å². The quantitative estimate of drug-likeness (QED) is 0.558. The van der Waals surface area contributed by atoms with Gasteiger partial charge in [0.2, 0.25) is 5.91 Å². The third-order valence-electron chi connectivity index (χ3n) is 2.61. The van der Waals surface area contributed by atoms with Crippen molar-refractivity contribution in [1.82, 2.24) is 16.0 Å². The highest BCUT2D eigenvalue weighted by atomic mass is 16.2. The smallest absolute Gasteiger partial charge is 0.319 e. The predicted molar refractivity (Wildman–Crippen MR) is 79.8 cm³/mol. The molecule has 0 spiro atoms. The first-order valence-electron chi connectivity index (χ1n) is 6.64. The van der Waals surface area contributed by atoms with Gasteiger partial charge in [0.05, 0.1) is 6.54 Å². The van der Waals surface area contributed by atoms with E-state index in [4.69, 9.17) is 0 Å². The van der Waals surface area contributed by atoms with Crippen molar-refractivity contribution >= 4 is 17.6 Å². The first-order valence-corrected chi connectivity index (χ1v) is 6.64. The number of nitrogens with one attached hydrogen (secondary N) is 4. The zero-order valence-electron chi connectivity index (χ0n) is 12.0. The minimum Gasteiger partial charge on any atom is -0.355 e. The maximum atomic E-state index is 11.6. The summed E-state index contributed by atoms with van der Waals surface area (Å²) in [5.74, 6) is -0.194. The summed E-state index contributed by atoms with van der Waals surface area (Å²) in [5, 5.41) is 10.9. The first kappa shape index (κ1) is 16.0. The van der Waals surface area contributed by atoms with E-state index in [9.17, 15) is 9.59 Å². The van der Waals surface area contributed by atoms with Gasteiger partial charge in [-0.15, -0.1) is 0 Å². The van der Waals surface area contributed by atoms with Gasteiger partial charge in [-0.3, -0.25) is 4.79 Å². The van der Waals surface area contributed by atoms with Crippen LogP contribution < -0.4 is 21.3 Å². The Hall–Kier alpha value is -2.08. The zero-order valence-corrected chi connectivity index (χ0v) is 12.0. The van der Waals surface area contributed by atoms with Crippen LogP contribution in [0.1, 0.15) is 12.0 Å². The minimum atomic E-state index is -0.388. The van der Waals surface area contributed by atoms with Crippen molar-refractivity contribution in [2.45, 2.75) is 13.3 Å². The molecule has 0 saturated carbocycles. The molecule has 0 aliphatic heterocycles. The van der Waals surface area contributed by atoms with Crippen molar-refractivity contribution in [3.05, 3.63) is 29.8 Å². The van der Waals surface area contributed by atoms with Crippen molar-refractivity contribution in [3.63, 3.8) is 0 Å². The third-order valence-corrected chi connectivity index (χ3v) is 2.61. The third kappa shape index (κ3) is 6.75. The van der Waals surface area contributed by atoms with Crippen LogP contribution in [0.25, 0.3) is 0 Å². The number of hydrogen-bond acceptors (Lipinski definition) is 3. The number of amides is 3. The maximum absolute atomic E-state index is 11.6. The van der Waals surface area contributed by atoms with Gasteiger partial charge in [-0.1, -0.05) is 12.1 Å². The van der Waals surface area contributed by atoms with Crippen LogP contribution in [0.15, 0.2) is 24.3 Å². The van der Waals surface area contributed by atoms with E-state index in [-0.39, 0.29) is 18.5 Å². The molecule has 0 aromatic heterocycles. The summed E-state index contributed by atoms with van der Waals surface area (Å²) in [6.07, 6.45) is 0.859. The van der Waals surface area contributed by atoms with Crippen LogP contribution in [0.4, 0.5) is 10.5 Å². The molecule has 1 rings (SSSR count). The van der Waals surface area contributed by atoms with Crippen LogP contribution in [-0.2, 0) is 4.79 Å². The van der Waals surface area contributed by atoms with Crippen LogP contribution in [0.3, 0.4) is 0 Å². The van der Waals surface area contributed by atoms with Crippen molar-refractivity contribution in [2.75, 3.05) is 32.0 Å². The minimum absolute atomic E-state index is 0.0306. The Morgan fingerprint density at radius 1 is 1.15 bits per heavy atom. The van der Waals surface area contributed by atoms with Crippen LogP contribution in [-0.4, -0.2) is 38.6 Å². The topological polar surface area (TPSA) is 82.3 Å². The Labute approximate surface area is 119 Å². The summed E-state index contributed by atoms with van der Waals surface area (Å²) in [5.41, 5.74) is 1.77. The van der Waals surface area contributed by atoms with Crippen LogP contribution in [0.5, 0.6) is 0 Å². The fourth-order valence-corrected chi connectivity index (χ4v) is 1.61. The van der Waals surface area contributed by atoms with Gasteiger partial charge in [-0.25, -0.2) is 4.79 Å². The van der Waals surface area contributed by atoms with Gasteiger partial charge < -0.3 is 21.3 Å². The number of urea groups is 1. The molecule has 0 bridgehead atoms. The molecule has 6 nitrogen and oxygen atoms in total. The van der Waals surface area contributed by atoms with Crippen molar-refractivity contribution in [3.8, 4) is 0 Å². The van der Waals surface area contributed by atoms with Crippen molar-refractivity contribution in [2.24, 2.45) is 0 Å². The van der Waals surface area contributed by atoms with Crippen molar-refractivity contribution in [1.29, 1.82) is 0 Å².